The molecule has 0 aliphatic carbocycles. The Labute approximate surface area is 158 Å². The van der Waals surface area contributed by atoms with Crippen molar-refractivity contribution in [1.29, 1.82) is 0 Å². The van der Waals surface area contributed by atoms with Gasteiger partial charge in [0.2, 0.25) is 5.91 Å². The van der Waals surface area contributed by atoms with Gasteiger partial charge in [-0.15, -0.1) is 0 Å². The fourth-order valence-electron chi connectivity index (χ4n) is 2.83. The standard InChI is InChI=1S/C19H26N4O4/c1-5-10-20-17(26)21-15(24)11-23-16(25)19(4,22-18(23)27)14-8-6-13(7-9-14)12(2)3/h6-9,12H,5,10-11H2,1-4H3,(H,22,27)(H2,20,21,24,26). The summed E-state index contributed by atoms with van der Waals surface area (Å²) in [5, 5.41) is 7.24. The second kappa shape index (κ2) is 8.20. The third-order valence-corrected chi connectivity index (χ3v) is 4.52. The van der Waals surface area contributed by atoms with E-state index in [4.69, 9.17) is 0 Å². The number of benzene rings is 1. The van der Waals surface area contributed by atoms with Gasteiger partial charge in [-0.2, -0.15) is 0 Å². The average Bonchev–Trinajstić information content (AvgIpc) is 2.84. The first-order chi connectivity index (χ1) is 12.7. The number of carbonyl (C=O) groups excluding carboxylic acids is 4. The van der Waals surface area contributed by atoms with Gasteiger partial charge in [-0.3, -0.25) is 19.8 Å². The van der Waals surface area contributed by atoms with Crippen LogP contribution in [0, 0.1) is 0 Å². The summed E-state index contributed by atoms with van der Waals surface area (Å²) >= 11 is 0. The van der Waals surface area contributed by atoms with Crippen molar-refractivity contribution in [2.24, 2.45) is 0 Å². The molecule has 0 aromatic heterocycles. The van der Waals surface area contributed by atoms with Gasteiger partial charge in [0, 0.05) is 6.54 Å². The molecule has 0 radical (unpaired) electrons. The van der Waals surface area contributed by atoms with Gasteiger partial charge in [-0.25, -0.2) is 9.59 Å². The van der Waals surface area contributed by atoms with E-state index in [9.17, 15) is 19.2 Å². The molecule has 1 fully saturated rings. The third kappa shape index (κ3) is 4.45. The predicted octanol–water partition coefficient (Wildman–Crippen LogP) is 1.81. The van der Waals surface area contributed by atoms with Gasteiger partial charge < -0.3 is 10.6 Å². The van der Waals surface area contributed by atoms with Crippen LogP contribution in [0.1, 0.15) is 51.2 Å². The van der Waals surface area contributed by atoms with E-state index in [0.717, 1.165) is 16.9 Å². The monoisotopic (exact) mass is 374 g/mol. The predicted molar refractivity (Wildman–Crippen MR) is 100.0 cm³/mol. The number of hydrogen-bond donors (Lipinski definition) is 3. The Hall–Kier alpha value is -2.90. The van der Waals surface area contributed by atoms with Crippen LogP contribution in [0.25, 0.3) is 0 Å². The van der Waals surface area contributed by atoms with Crippen molar-refractivity contribution in [1.82, 2.24) is 20.9 Å². The zero-order valence-electron chi connectivity index (χ0n) is 16.1. The Kier molecular flexibility index (Phi) is 6.20. The van der Waals surface area contributed by atoms with Crippen LogP contribution in [0.4, 0.5) is 9.59 Å². The SMILES string of the molecule is CCCNC(=O)NC(=O)CN1C(=O)NC(C)(c2ccc(C(C)C)cc2)C1=O. The highest BCUT2D eigenvalue weighted by Gasteiger charge is 2.49. The van der Waals surface area contributed by atoms with Crippen molar-refractivity contribution in [2.45, 2.75) is 45.6 Å². The number of urea groups is 2. The number of carbonyl (C=O) groups is 4. The van der Waals surface area contributed by atoms with Crippen LogP contribution in [-0.2, 0) is 15.1 Å². The zero-order chi connectivity index (χ0) is 20.2. The minimum absolute atomic E-state index is 0.347. The molecule has 8 nitrogen and oxygen atoms in total. The molecular formula is C19H26N4O4. The first-order valence-electron chi connectivity index (χ1n) is 9.01. The highest BCUT2D eigenvalue weighted by Crippen LogP contribution is 2.29. The van der Waals surface area contributed by atoms with Crippen LogP contribution >= 0.6 is 0 Å². The maximum Gasteiger partial charge on any atom is 0.325 e. The minimum Gasteiger partial charge on any atom is -0.338 e. The molecule has 1 aliphatic heterocycles. The Morgan fingerprint density at radius 2 is 1.81 bits per heavy atom. The highest BCUT2D eigenvalue weighted by molar-refractivity contribution is 6.10. The lowest BCUT2D eigenvalue weighted by Gasteiger charge is -2.22. The van der Waals surface area contributed by atoms with Crippen LogP contribution in [0.3, 0.4) is 0 Å². The molecule has 2 rings (SSSR count). The van der Waals surface area contributed by atoms with E-state index in [1.54, 1.807) is 19.1 Å². The van der Waals surface area contributed by atoms with Gasteiger partial charge in [0.1, 0.15) is 12.1 Å². The molecule has 1 aliphatic rings. The van der Waals surface area contributed by atoms with E-state index in [1.165, 1.54) is 0 Å². The van der Waals surface area contributed by atoms with Gasteiger partial charge in [-0.1, -0.05) is 45.0 Å². The van der Waals surface area contributed by atoms with E-state index in [-0.39, 0.29) is 0 Å². The number of nitrogens with zero attached hydrogens (tertiary/aromatic N) is 1. The van der Waals surface area contributed by atoms with Crippen molar-refractivity contribution in [3.8, 4) is 0 Å². The van der Waals surface area contributed by atoms with E-state index in [0.29, 0.717) is 18.0 Å². The second-order valence-corrected chi connectivity index (χ2v) is 7.03. The van der Waals surface area contributed by atoms with Gasteiger partial charge in [0.25, 0.3) is 5.91 Å². The van der Waals surface area contributed by atoms with Crippen molar-refractivity contribution in [3.63, 3.8) is 0 Å². The molecule has 1 heterocycles. The molecule has 1 aromatic rings. The molecule has 0 bridgehead atoms. The number of rotatable bonds is 6. The number of nitrogens with one attached hydrogen (secondary N) is 3. The molecule has 1 aromatic carbocycles. The summed E-state index contributed by atoms with van der Waals surface area (Å²) in [6.07, 6.45) is 0.725. The van der Waals surface area contributed by atoms with E-state index < -0.39 is 36.0 Å². The molecule has 0 saturated carbocycles. The molecule has 0 spiro atoms. The fourth-order valence-corrected chi connectivity index (χ4v) is 2.83. The summed E-state index contributed by atoms with van der Waals surface area (Å²) in [5.74, 6) is -0.916. The largest absolute Gasteiger partial charge is 0.338 e. The second-order valence-electron chi connectivity index (χ2n) is 7.03. The summed E-state index contributed by atoms with van der Waals surface area (Å²) in [4.78, 5) is 49.4. The van der Waals surface area contributed by atoms with Gasteiger partial charge in [-0.05, 0) is 30.4 Å². The summed E-state index contributed by atoms with van der Waals surface area (Å²) < 4.78 is 0. The Balaban J connectivity index is 2.09. The summed E-state index contributed by atoms with van der Waals surface area (Å²) in [7, 11) is 0. The Bertz CT molecular complexity index is 745. The lowest BCUT2D eigenvalue weighted by molar-refractivity contribution is -0.134. The van der Waals surface area contributed by atoms with E-state index >= 15 is 0 Å². The molecule has 8 heteroatoms. The fraction of sp³-hybridized carbons (Fsp3) is 0.474. The molecule has 3 N–H and O–H groups in total. The third-order valence-electron chi connectivity index (χ3n) is 4.52. The van der Waals surface area contributed by atoms with Crippen molar-refractivity contribution in [2.75, 3.05) is 13.1 Å². The molecule has 27 heavy (non-hydrogen) atoms. The first-order valence-corrected chi connectivity index (χ1v) is 9.01. The smallest absolute Gasteiger partial charge is 0.325 e. The van der Waals surface area contributed by atoms with Crippen LogP contribution in [-0.4, -0.2) is 41.9 Å². The first kappa shape index (κ1) is 20.4. The van der Waals surface area contributed by atoms with E-state index in [1.807, 2.05) is 19.1 Å². The van der Waals surface area contributed by atoms with Gasteiger partial charge in [0.15, 0.2) is 0 Å². The lowest BCUT2D eigenvalue weighted by atomic mass is 9.90. The zero-order valence-corrected chi connectivity index (χ0v) is 16.1. The molecule has 6 amide bonds. The van der Waals surface area contributed by atoms with Gasteiger partial charge >= 0.3 is 12.1 Å². The van der Waals surface area contributed by atoms with Crippen LogP contribution in [0.2, 0.25) is 0 Å². The van der Waals surface area contributed by atoms with Gasteiger partial charge in [0.05, 0.1) is 0 Å². The van der Waals surface area contributed by atoms with Crippen LogP contribution in [0.5, 0.6) is 0 Å². The highest BCUT2D eigenvalue weighted by atomic mass is 16.2. The Morgan fingerprint density at radius 3 is 2.37 bits per heavy atom. The summed E-state index contributed by atoms with van der Waals surface area (Å²) in [6, 6.07) is 6.11. The summed E-state index contributed by atoms with van der Waals surface area (Å²) in [6.45, 7) is 7.51. The minimum atomic E-state index is -1.25. The van der Waals surface area contributed by atoms with Crippen molar-refractivity contribution >= 4 is 23.9 Å². The molecule has 146 valence electrons. The maximum absolute atomic E-state index is 12.8. The summed E-state index contributed by atoms with van der Waals surface area (Å²) in [5.41, 5.74) is 0.499. The maximum atomic E-state index is 12.8. The molecule has 1 unspecified atom stereocenters. The molecular weight excluding hydrogens is 348 g/mol. The van der Waals surface area contributed by atoms with Crippen LogP contribution < -0.4 is 16.0 Å². The Morgan fingerprint density at radius 1 is 1.19 bits per heavy atom. The normalized spacial score (nSPS) is 19.2. The van der Waals surface area contributed by atoms with Crippen molar-refractivity contribution in [3.05, 3.63) is 35.4 Å². The number of imide groups is 2. The number of hydrogen-bond acceptors (Lipinski definition) is 4. The van der Waals surface area contributed by atoms with E-state index in [2.05, 4.69) is 29.8 Å². The van der Waals surface area contributed by atoms with Crippen LogP contribution in [0.15, 0.2) is 24.3 Å². The average molecular weight is 374 g/mol. The molecule has 1 atom stereocenters. The molecule has 1 saturated heterocycles. The quantitative estimate of drug-likeness (QED) is 0.660. The number of amides is 6. The lowest BCUT2D eigenvalue weighted by Crippen LogP contribution is -2.47. The topological polar surface area (TPSA) is 108 Å². The van der Waals surface area contributed by atoms with Crippen molar-refractivity contribution < 1.29 is 19.2 Å².